The van der Waals surface area contributed by atoms with Crippen molar-refractivity contribution in [1.29, 1.82) is 0 Å². The molecule has 1 aliphatic heterocycles. The molecular weight excluding hydrogens is 238 g/mol. The predicted octanol–water partition coefficient (Wildman–Crippen LogP) is 2.84. The lowest BCUT2D eigenvalue weighted by Crippen LogP contribution is -2.25. The van der Waals surface area contributed by atoms with Crippen LogP contribution in [0.1, 0.15) is 36.9 Å². The average Bonchev–Trinajstić information content (AvgIpc) is 2.92. The van der Waals surface area contributed by atoms with Gasteiger partial charge < -0.3 is 14.8 Å². The molecular formula is C16H25NO2. The quantitative estimate of drug-likeness (QED) is 0.767. The van der Waals surface area contributed by atoms with Crippen LogP contribution in [-0.2, 0) is 9.47 Å². The minimum absolute atomic E-state index is 0.328. The molecule has 0 unspecified atom stereocenters. The van der Waals surface area contributed by atoms with Crippen LogP contribution >= 0.6 is 0 Å². The second-order valence-corrected chi connectivity index (χ2v) is 5.30. The normalized spacial score (nSPS) is 20.6. The standard InChI is InChI=1S/C16H25NO2/c1-13-5-7-15(8-6-13)14(2)17-9-11-18-12-16-4-3-10-19-16/h5-8,14,16-17H,3-4,9-12H2,1-2H3/t14-,16+/m1/s1. The van der Waals surface area contributed by atoms with E-state index in [2.05, 4.69) is 43.4 Å². The first-order valence-corrected chi connectivity index (χ1v) is 7.25. The Morgan fingerprint density at radius 1 is 1.37 bits per heavy atom. The molecule has 0 saturated carbocycles. The number of hydrogen-bond acceptors (Lipinski definition) is 3. The average molecular weight is 263 g/mol. The van der Waals surface area contributed by atoms with Crippen molar-refractivity contribution in [3.8, 4) is 0 Å². The fourth-order valence-electron chi connectivity index (χ4n) is 2.31. The van der Waals surface area contributed by atoms with Gasteiger partial charge >= 0.3 is 0 Å². The minimum atomic E-state index is 0.328. The number of rotatable bonds is 7. The molecule has 2 atom stereocenters. The largest absolute Gasteiger partial charge is 0.377 e. The molecule has 1 aromatic rings. The lowest BCUT2D eigenvalue weighted by molar-refractivity contribution is 0.0179. The molecule has 0 spiro atoms. The van der Waals surface area contributed by atoms with Crippen LogP contribution in [0, 0.1) is 6.92 Å². The zero-order chi connectivity index (χ0) is 13.5. The van der Waals surface area contributed by atoms with Gasteiger partial charge in [-0.2, -0.15) is 0 Å². The van der Waals surface area contributed by atoms with Crippen molar-refractivity contribution >= 4 is 0 Å². The smallest absolute Gasteiger partial charge is 0.0809 e. The van der Waals surface area contributed by atoms with Crippen molar-refractivity contribution < 1.29 is 9.47 Å². The summed E-state index contributed by atoms with van der Waals surface area (Å²) in [6, 6.07) is 9.04. The second kappa shape index (κ2) is 7.63. The number of aryl methyl sites for hydroxylation is 1. The monoisotopic (exact) mass is 263 g/mol. The van der Waals surface area contributed by atoms with Gasteiger partial charge in [0.05, 0.1) is 19.3 Å². The summed E-state index contributed by atoms with van der Waals surface area (Å²) in [5, 5.41) is 3.48. The van der Waals surface area contributed by atoms with Gasteiger partial charge in [0.15, 0.2) is 0 Å². The van der Waals surface area contributed by atoms with E-state index in [1.807, 2.05) is 0 Å². The van der Waals surface area contributed by atoms with Gasteiger partial charge in [-0.1, -0.05) is 29.8 Å². The molecule has 3 heteroatoms. The van der Waals surface area contributed by atoms with E-state index in [4.69, 9.17) is 9.47 Å². The molecule has 1 heterocycles. The van der Waals surface area contributed by atoms with E-state index < -0.39 is 0 Å². The van der Waals surface area contributed by atoms with Crippen molar-refractivity contribution in [3.05, 3.63) is 35.4 Å². The molecule has 2 rings (SSSR count). The Balaban J connectivity index is 1.58. The van der Waals surface area contributed by atoms with Gasteiger partial charge in [-0.05, 0) is 32.3 Å². The zero-order valence-electron chi connectivity index (χ0n) is 12.0. The van der Waals surface area contributed by atoms with Gasteiger partial charge in [0.2, 0.25) is 0 Å². The molecule has 0 bridgehead atoms. The highest BCUT2D eigenvalue weighted by atomic mass is 16.5. The molecule has 106 valence electrons. The summed E-state index contributed by atoms with van der Waals surface area (Å²) in [5.74, 6) is 0. The number of hydrogen-bond donors (Lipinski definition) is 1. The van der Waals surface area contributed by atoms with Crippen LogP contribution in [0.15, 0.2) is 24.3 Å². The zero-order valence-corrected chi connectivity index (χ0v) is 12.0. The molecule has 0 aromatic heterocycles. The van der Waals surface area contributed by atoms with Crippen LogP contribution in [0.3, 0.4) is 0 Å². The molecule has 0 amide bonds. The summed E-state index contributed by atoms with van der Waals surface area (Å²) >= 11 is 0. The van der Waals surface area contributed by atoms with Gasteiger partial charge in [-0.3, -0.25) is 0 Å². The van der Waals surface area contributed by atoms with Gasteiger partial charge in [-0.15, -0.1) is 0 Å². The second-order valence-electron chi connectivity index (χ2n) is 5.30. The summed E-state index contributed by atoms with van der Waals surface area (Å²) < 4.78 is 11.2. The maximum Gasteiger partial charge on any atom is 0.0809 e. The van der Waals surface area contributed by atoms with Crippen LogP contribution in [-0.4, -0.2) is 32.5 Å². The first-order chi connectivity index (χ1) is 9.25. The molecule has 0 radical (unpaired) electrons. The third kappa shape index (κ3) is 4.94. The van der Waals surface area contributed by atoms with Crippen LogP contribution in [0.2, 0.25) is 0 Å². The van der Waals surface area contributed by atoms with Crippen LogP contribution in [0.4, 0.5) is 0 Å². The summed E-state index contributed by atoms with van der Waals surface area (Å²) in [5.41, 5.74) is 2.63. The maximum absolute atomic E-state index is 5.64. The molecule has 1 aromatic carbocycles. The van der Waals surface area contributed by atoms with Gasteiger partial charge in [-0.25, -0.2) is 0 Å². The van der Waals surface area contributed by atoms with Crippen LogP contribution < -0.4 is 5.32 Å². The van der Waals surface area contributed by atoms with Crippen molar-refractivity contribution in [3.63, 3.8) is 0 Å². The lowest BCUT2D eigenvalue weighted by atomic mass is 10.1. The van der Waals surface area contributed by atoms with E-state index in [0.29, 0.717) is 12.1 Å². The predicted molar refractivity (Wildman–Crippen MR) is 77.4 cm³/mol. The highest BCUT2D eigenvalue weighted by molar-refractivity contribution is 5.23. The van der Waals surface area contributed by atoms with E-state index in [0.717, 1.165) is 32.8 Å². The molecule has 1 fully saturated rings. The highest BCUT2D eigenvalue weighted by Gasteiger charge is 2.15. The molecule has 0 aliphatic carbocycles. The number of ether oxygens (including phenoxy) is 2. The van der Waals surface area contributed by atoms with E-state index in [1.54, 1.807) is 0 Å². The van der Waals surface area contributed by atoms with E-state index in [1.165, 1.54) is 17.5 Å². The van der Waals surface area contributed by atoms with Crippen molar-refractivity contribution in [2.45, 2.75) is 38.8 Å². The maximum atomic E-state index is 5.64. The van der Waals surface area contributed by atoms with E-state index in [-0.39, 0.29) is 0 Å². The molecule has 19 heavy (non-hydrogen) atoms. The fraction of sp³-hybridized carbons (Fsp3) is 0.625. The summed E-state index contributed by atoms with van der Waals surface area (Å²) in [4.78, 5) is 0. The Labute approximate surface area is 116 Å². The topological polar surface area (TPSA) is 30.5 Å². The van der Waals surface area contributed by atoms with Crippen LogP contribution in [0.25, 0.3) is 0 Å². The van der Waals surface area contributed by atoms with Crippen LogP contribution in [0.5, 0.6) is 0 Å². The van der Waals surface area contributed by atoms with E-state index >= 15 is 0 Å². The van der Waals surface area contributed by atoms with Crippen molar-refractivity contribution in [2.24, 2.45) is 0 Å². The third-order valence-electron chi connectivity index (χ3n) is 3.60. The summed E-state index contributed by atoms with van der Waals surface area (Å²) in [6.45, 7) is 7.56. The Hall–Kier alpha value is -0.900. The molecule has 1 aliphatic rings. The molecule has 1 saturated heterocycles. The first-order valence-electron chi connectivity index (χ1n) is 7.25. The van der Waals surface area contributed by atoms with Gasteiger partial charge in [0, 0.05) is 19.2 Å². The Kier molecular flexibility index (Phi) is 5.83. The summed E-state index contributed by atoms with van der Waals surface area (Å²) in [7, 11) is 0. The highest BCUT2D eigenvalue weighted by Crippen LogP contribution is 2.13. The minimum Gasteiger partial charge on any atom is -0.377 e. The van der Waals surface area contributed by atoms with E-state index in [9.17, 15) is 0 Å². The Bertz CT molecular complexity index is 358. The fourth-order valence-corrected chi connectivity index (χ4v) is 2.31. The molecule has 3 nitrogen and oxygen atoms in total. The van der Waals surface area contributed by atoms with Gasteiger partial charge in [0.25, 0.3) is 0 Å². The Morgan fingerprint density at radius 2 is 2.16 bits per heavy atom. The molecule has 1 N–H and O–H groups in total. The number of benzene rings is 1. The van der Waals surface area contributed by atoms with Crippen molar-refractivity contribution in [1.82, 2.24) is 5.32 Å². The van der Waals surface area contributed by atoms with Crippen molar-refractivity contribution in [2.75, 3.05) is 26.4 Å². The first kappa shape index (κ1) is 14.5. The number of nitrogens with one attached hydrogen (secondary N) is 1. The van der Waals surface area contributed by atoms with Gasteiger partial charge in [0.1, 0.15) is 0 Å². The summed E-state index contributed by atoms with van der Waals surface area (Å²) in [6.07, 6.45) is 2.65. The SMILES string of the molecule is Cc1ccc([C@@H](C)NCCOC[C@@H]2CCCO2)cc1. The lowest BCUT2D eigenvalue weighted by Gasteiger charge is -2.15. The Morgan fingerprint density at radius 3 is 2.84 bits per heavy atom. The third-order valence-corrected chi connectivity index (χ3v) is 3.60.